The molecule has 0 radical (unpaired) electrons. The van der Waals surface area contributed by atoms with Crippen LogP contribution in [0.3, 0.4) is 0 Å². The van der Waals surface area contributed by atoms with Crippen LogP contribution in [-0.2, 0) is 23.8 Å². The fraction of sp³-hybridized carbons (Fsp3) is 0.667. The van der Waals surface area contributed by atoms with Gasteiger partial charge in [-0.15, -0.1) is 0 Å². The van der Waals surface area contributed by atoms with Crippen molar-refractivity contribution in [2.45, 2.75) is 65.0 Å². The lowest BCUT2D eigenvalue weighted by molar-refractivity contribution is -0.204. The van der Waals surface area contributed by atoms with Gasteiger partial charge in [-0.3, -0.25) is 0 Å². The molecule has 0 spiro atoms. The third-order valence-corrected chi connectivity index (χ3v) is 2.90. The van der Waals surface area contributed by atoms with E-state index in [1.165, 1.54) is 0 Å². The van der Waals surface area contributed by atoms with E-state index < -0.39 is 12.6 Å². The van der Waals surface area contributed by atoms with Crippen LogP contribution in [0.4, 0.5) is 0 Å². The molecule has 2 atom stereocenters. The Labute approximate surface area is 139 Å². The molecule has 5 heteroatoms. The average Bonchev–Trinajstić information content (AvgIpc) is 2.54. The summed E-state index contributed by atoms with van der Waals surface area (Å²) in [6.07, 6.45) is 12.9. The van der Waals surface area contributed by atoms with Gasteiger partial charge in [-0.25, -0.2) is 0 Å². The fourth-order valence-electron chi connectivity index (χ4n) is 1.79. The molecule has 2 unspecified atom stereocenters. The number of allylic oxidation sites excluding steroid dienone is 2. The maximum Gasteiger partial charge on any atom is 0.180 e. The number of carbonyl (C=O) groups is 2. The number of ether oxygens (including phenoxy) is 3. The van der Waals surface area contributed by atoms with Crippen molar-refractivity contribution in [3.05, 3.63) is 24.3 Å². The van der Waals surface area contributed by atoms with E-state index >= 15 is 0 Å². The molecule has 0 aliphatic rings. The van der Waals surface area contributed by atoms with E-state index in [1.54, 1.807) is 0 Å². The molecule has 0 heterocycles. The zero-order valence-electron chi connectivity index (χ0n) is 14.3. The van der Waals surface area contributed by atoms with Crippen LogP contribution in [0.25, 0.3) is 0 Å². The van der Waals surface area contributed by atoms with Gasteiger partial charge in [0.05, 0.1) is 0 Å². The third-order valence-electron chi connectivity index (χ3n) is 2.90. The number of carbonyl (C=O) groups excluding carboxylic acids is 2. The molecule has 132 valence electrons. The van der Waals surface area contributed by atoms with E-state index in [0.717, 1.165) is 38.3 Å². The van der Waals surface area contributed by atoms with Crippen molar-refractivity contribution >= 4 is 12.6 Å². The van der Waals surface area contributed by atoms with Gasteiger partial charge in [0, 0.05) is 26.1 Å². The Hall–Kier alpha value is -1.30. The summed E-state index contributed by atoms with van der Waals surface area (Å²) in [7, 11) is 0. The van der Waals surface area contributed by atoms with Crippen LogP contribution in [0, 0.1) is 0 Å². The topological polar surface area (TPSA) is 61.8 Å². The van der Waals surface area contributed by atoms with Gasteiger partial charge in [-0.1, -0.05) is 12.2 Å². The normalized spacial score (nSPS) is 14.3. The molecule has 0 rings (SSSR count). The number of hydrogen-bond donors (Lipinski definition) is 0. The highest BCUT2D eigenvalue weighted by Crippen LogP contribution is 2.08. The van der Waals surface area contributed by atoms with Crippen LogP contribution in [0.5, 0.6) is 0 Å². The zero-order valence-corrected chi connectivity index (χ0v) is 14.3. The fourth-order valence-corrected chi connectivity index (χ4v) is 1.79. The first-order valence-electron chi connectivity index (χ1n) is 8.37. The van der Waals surface area contributed by atoms with Crippen molar-refractivity contribution in [2.75, 3.05) is 13.2 Å². The Morgan fingerprint density at radius 1 is 0.739 bits per heavy atom. The molecule has 23 heavy (non-hydrogen) atoms. The van der Waals surface area contributed by atoms with Crippen molar-refractivity contribution in [3.8, 4) is 0 Å². The van der Waals surface area contributed by atoms with Crippen molar-refractivity contribution in [2.24, 2.45) is 0 Å². The smallest absolute Gasteiger partial charge is 0.180 e. The van der Waals surface area contributed by atoms with Crippen LogP contribution in [0.2, 0.25) is 0 Å². The molecule has 0 fully saturated rings. The summed E-state index contributed by atoms with van der Waals surface area (Å²) in [6, 6.07) is 0. The summed E-state index contributed by atoms with van der Waals surface area (Å²) in [6.45, 7) is 4.87. The van der Waals surface area contributed by atoms with Gasteiger partial charge in [0.25, 0.3) is 0 Å². The van der Waals surface area contributed by atoms with Gasteiger partial charge in [-0.2, -0.15) is 0 Å². The van der Waals surface area contributed by atoms with Crippen molar-refractivity contribution < 1.29 is 23.8 Å². The predicted molar refractivity (Wildman–Crippen MR) is 90.0 cm³/mol. The molecule has 0 saturated heterocycles. The maximum atomic E-state index is 10.3. The first-order chi connectivity index (χ1) is 11.3. The molecule has 0 aromatic rings. The Bertz CT molecular complexity index is 306. The monoisotopic (exact) mass is 326 g/mol. The first-order valence-corrected chi connectivity index (χ1v) is 8.37. The van der Waals surface area contributed by atoms with Crippen LogP contribution in [-0.4, -0.2) is 38.4 Å². The van der Waals surface area contributed by atoms with Gasteiger partial charge < -0.3 is 23.8 Å². The Kier molecular flexibility index (Phi) is 16.1. The quantitative estimate of drug-likeness (QED) is 0.188. The number of unbranched alkanes of at least 4 members (excludes halogenated alkanes) is 4. The number of hydrogen-bond acceptors (Lipinski definition) is 5. The molecule has 0 amide bonds. The Morgan fingerprint density at radius 3 is 1.52 bits per heavy atom. The molecular formula is C18H30O5. The van der Waals surface area contributed by atoms with Crippen LogP contribution >= 0.6 is 0 Å². The van der Waals surface area contributed by atoms with E-state index in [4.69, 9.17) is 14.2 Å². The van der Waals surface area contributed by atoms with E-state index in [1.807, 2.05) is 38.2 Å². The minimum Gasteiger partial charge on any atom is -0.349 e. The SMILES string of the molecule is CCOC(C=CCCCC=O)OC(C=CCCCC=O)OCC. The molecule has 0 aromatic heterocycles. The summed E-state index contributed by atoms with van der Waals surface area (Å²) in [5.41, 5.74) is 0. The molecule has 0 aromatic carbocycles. The maximum absolute atomic E-state index is 10.3. The molecule has 0 bridgehead atoms. The Morgan fingerprint density at radius 2 is 1.17 bits per heavy atom. The van der Waals surface area contributed by atoms with E-state index in [-0.39, 0.29) is 0 Å². The van der Waals surface area contributed by atoms with E-state index in [2.05, 4.69) is 0 Å². The first kappa shape index (κ1) is 21.7. The highest BCUT2D eigenvalue weighted by molar-refractivity contribution is 5.49. The van der Waals surface area contributed by atoms with Gasteiger partial charge in [0.15, 0.2) is 12.6 Å². The second kappa shape index (κ2) is 17.1. The summed E-state index contributed by atoms with van der Waals surface area (Å²) >= 11 is 0. The second-order valence-corrected chi connectivity index (χ2v) is 4.83. The lowest BCUT2D eigenvalue weighted by Crippen LogP contribution is -2.24. The van der Waals surface area contributed by atoms with Crippen molar-refractivity contribution in [3.63, 3.8) is 0 Å². The summed E-state index contributed by atoms with van der Waals surface area (Å²) in [5.74, 6) is 0. The van der Waals surface area contributed by atoms with Crippen molar-refractivity contribution in [1.82, 2.24) is 0 Å². The molecule has 0 saturated carbocycles. The summed E-state index contributed by atoms with van der Waals surface area (Å²) < 4.78 is 16.9. The summed E-state index contributed by atoms with van der Waals surface area (Å²) in [4.78, 5) is 20.5. The lowest BCUT2D eigenvalue weighted by atomic mass is 10.2. The molecular weight excluding hydrogens is 296 g/mol. The minimum absolute atomic E-state index is 0.479. The standard InChI is InChI=1S/C18H30O5/c1-3-21-17(13-9-5-7-11-15-19)23-18(22-4-2)14-10-6-8-12-16-20/h9-10,13-18H,3-8,11-12H2,1-2H3. The molecule has 0 aliphatic heterocycles. The van der Waals surface area contributed by atoms with Crippen LogP contribution in [0.15, 0.2) is 24.3 Å². The zero-order chi connectivity index (χ0) is 17.2. The highest BCUT2D eigenvalue weighted by Gasteiger charge is 2.12. The lowest BCUT2D eigenvalue weighted by Gasteiger charge is -2.20. The largest absolute Gasteiger partial charge is 0.349 e. The predicted octanol–water partition coefficient (Wildman–Crippen LogP) is 3.58. The number of aldehydes is 2. The van der Waals surface area contributed by atoms with Gasteiger partial charge in [-0.05, 0) is 51.7 Å². The van der Waals surface area contributed by atoms with Crippen LogP contribution < -0.4 is 0 Å². The molecule has 0 N–H and O–H groups in total. The van der Waals surface area contributed by atoms with Crippen LogP contribution in [0.1, 0.15) is 52.4 Å². The Balaban J connectivity index is 4.37. The summed E-state index contributed by atoms with van der Waals surface area (Å²) in [5, 5.41) is 0. The van der Waals surface area contributed by atoms with E-state index in [9.17, 15) is 9.59 Å². The van der Waals surface area contributed by atoms with E-state index in [0.29, 0.717) is 26.1 Å². The van der Waals surface area contributed by atoms with Gasteiger partial charge in [0.2, 0.25) is 0 Å². The third kappa shape index (κ3) is 14.0. The van der Waals surface area contributed by atoms with Gasteiger partial charge in [0.1, 0.15) is 12.6 Å². The molecule has 5 nitrogen and oxygen atoms in total. The highest BCUT2D eigenvalue weighted by atomic mass is 16.8. The molecule has 0 aliphatic carbocycles. The minimum atomic E-state index is -0.479. The van der Waals surface area contributed by atoms with Crippen molar-refractivity contribution in [1.29, 1.82) is 0 Å². The number of rotatable bonds is 16. The average molecular weight is 326 g/mol. The second-order valence-electron chi connectivity index (χ2n) is 4.83. The van der Waals surface area contributed by atoms with Gasteiger partial charge >= 0.3 is 0 Å².